The Bertz CT molecular complexity index is 717. The fourth-order valence-electron chi connectivity index (χ4n) is 3.73. The van der Waals surface area contributed by atoms with Gasteiger partial charge in [0.1, 0.15) is 5.75 Å². The van der Waals surface area contributed by atoms with E-state index in [-0.39, 0.29) is 12.1 Å². The molecule has 1 aliphatic rings. The van der Waals surface area contributed by atoms with Crippen LogP contribution in [0.4, 0.5) is 4.79 Å². The lowest BCUT2D eigenvalue weighted by molar-refractivity contribution is 0.226. The number of hydrogen-bond donors (Lipinski definition) is 2. The standard InChI is InChI=1S/C23H30N2O2/c1-17-3-5-18(6-4-17)15-19-7-11-21(12-8-19)25-23(26)24-16-20-9-13-22(27-2)14-10-20/h3-6,9-10,13-14,19,21H,7-8,11-12,15-16H2,1-2H3,(H2,24,25,26). The van der Waals surface area contributed by atoms with Gasteiger partial charge in [-0.1, -0.05) is 42.0 Å². The molecule has 0 bridgehead atoms. The Labute approximate surface area is 162 Å². The molecule has 1 aliphatic carbocycles. The lowest BCUT2D eigenvalue weighted by Gasteiger charge is -2.29. The average Bonchev–Trinajstić information content (AvgIpc) is 2.70. The summed E-state index contributed by atoms with van der Waals surface area (Å²) in [6, 6.07) is 16.8. The third kappa shape index (κ3) is 6.02. The van der Waals surface area contributed by atoms with Gasteiger partial charge in [0.05, 0.1) is 7.11 Å². The number of carbonyl (C=O) groups is 1. The molecule has 4 nitrogen and oxygen atoms in total. The lowest BCUT2D eigenvalue weighted by Crippen LogP contribution is -2.43. The molecule has 0 heterocycles. The fourth-order valence-corrected chi connectivity index (χ4v) is 3.73. The maximum absolute atomic E-state index is 12.2. The van der Waals surface area contributed by atoms with E-state index in [1.54, 1.807) is 7.11 Å². The van der Waals surface area contributed by atoms with Crippen LogP contribution in [-0.2, 0) is 13.0 Å². The number of ether oxygens (including phenoxy) is 1. The van der Waals surface area contributed by atoms with Gasteiger partial charge in [0.15, 0.2) is 0 Å². The molecule has 0 spiro atoms. The summed E-state index contributed by atoms with van der Waals surface area (Å²) in [6.45, 7) is 2.65. The summed E-state index contributed by atoms with van der Waals surface area (Å²) in [5.41, 5.74) is 3.80. The van der Waals surface area contributed by atoms with Crippen molar-refractivity contribution in [3.63, 3.8) is 0 Å². The zero-order valence-corrected chi connectivity index (χ0v) is 16.3. The largest absolute Gasteiger partial charge is 0.497 e. The van der Waals surface area contributed by atoms with Gasteiger partial charge in [0, 0.05) is 12.6 Å². The molecule has 3 rings (SSSR count). The van der Waals surface area contributed by atoms with Gasteiger partial charge >= 0.3 is 6.03 Å². The summed E-state index contributed by atoms with van der Waals surface area (Å²) >= 11 is 0. The second-order valence-electron chi connectivity index (χ2n) is 7.58. The van der Waals surface area contributed by atoms with E-state index in [1.807, 2.05) is 24.3 Å². The quantitative estimate of drug-likeness (QED) is 0.785. The summed E-state index contributed by atoms with van der Waals surface area (Å²) in [5.74, 6) is 1.55. The van der Waals surface area contributed by atoms with Crippen molar-refractivity contribution in [3.8, 4) is 5.75 Å². The van der Waals surface area contributed by atoms with Crippen molar-refractivity contribution in [1.29, 1.82) is 0 Å². The first kappa shape index (κ1) is 19.3. The molecular formula is C23H30N2O2. The summed E-state index contributed by atoms with van der Waals surface area (Å²) in [7, 11) is 1.65. The number of methoxy groups -OCH3 is 1. The molecule has 27 heavy (non-hydrogen) atoms. The molecule has 4 heteroatoms. The molecule has 144 valence electrons. The van der Waals surface area contributed by atoms with Crippen molar-refractivity contribution >= 4 is 6.03 Å². The van der Waals surface area contributed by atoms with Crippen molar-refractivity contribution in [2.24, 2.45) is 5.92 Å². The molecule has 0 aromatic heterocycles. The van der Waals surface area contributed by atoms with E-state index in [9.17, 15) is 4.79 Å². The van der Waals surface area contributed by atoms with Crippen LogP contribution in [0.2, 0.25) is 0 Å². The number of rotatable bonds is 6. The monoisotopic (exact) mass is 366 g/mol. The van der Waals surface area contributed by atoms with Gasteiger partial charge in [-0.05, 0) is 68.2 Å². The Balaban J connectivity index is 1.36. The first-order valence-corrected chi connectivity index (χ1v) is 9.85. The van der Waals surface area contributed by atoms with Crippen molar-refractivity contribution < 1.29 is 9.53 Å². The summed E-state index contributed by atoms with van der Waals surface area (Å²) in [6.07, 6.45) is 5.63. The Hall–Kier alpha value is -2.49. The summed E-state index contributed by atoms with van der Waals surface area (Å²) < 4.78 is 5.15. The molecule has 0 aliphatic heterocycles. The van der Waals surface area contributed by atoms with Crippen LogP contribution in [0.25, 0.3) is 0 Å². The SMILES string of the molecule is COc1ccc(CNC(=O)NC2CCC(Cc3ccc(C)cc3)CC2)cc1. The summed E-state index contributed by atoms with van der Waals surface area (Å²) in [5, 5.41) is 6.08. The highest BCUT2D eigenvalue weighted by atomic mass is 16.5. The number of urea groups is 1. The van der Waals surface area contributed by atoms with Crippen molar-refractivity contribution in [3.05, 3.63) is 65.2 Å². The van der Waals surface area contributed by atoms with Crippen LogP contribution >= 0.6 is 0 Å². The third-order valence-corrected chi connectivity index (χ3v) is 5.44. The first-order valence-electron chi connectivity index (χ1n) is 9.85. The van der Waals surface area contributed by atoms with Gasteiger partial charge in [-0.2, -0.15) is 0 Å². The number of benzene rings is 2. The number of hydrogen-bond acceptors (Lipinski definition) is 2. The van der Waals surface area contributed by atoms with Crippen LogP contribution < -0.4 is 15.4 Å². The van der Waals surface area contributed by atoms with Crippen LogP contribution in [0, 0.1) is 12.8 Å². The van der Waals surface area contributed by atoms with Crippen molar-refractivity contribution in [2.45, 2.75) is 51.6 Å². The van der Waals surface area contributed by atoms with Gasteiger partial charge in [-0.15, -0.1) is 0 Å². The maximum Gasteiger partial charge on any atom is 0.315 e. The van der Waals surface area contributed by atoms with Gasteiger partial charge in [0.25, 0.3) is 0 Å². The second kappa shape index (κ2) is 9.45. The average molecular weight is 367 g/mol. The van der Waals surface area contributed by atoms with Crippen LogP contribution in [-0.4, -0.2) is 19.2 Å². The zero-order chi connectivity index (χ0) is 19.1. The van der Waals surface area contributed by atoms with E-state index >= 15 is 0 Å². The minimum Gasteiger partial charge on any atom is -0.497 e. The van der Waals surface area contributed by atoms with Crippen molar-refractivity contribution in [1.82, 2.24) is 10.6 Å². The van der Waals surface area contributed by atoms with Crippen LogP contribution in [0.3, 0.4) is 0 Å². The first-order chi connectivity index (χ1) is 13.1. The molecule has 0 atom stereocenters. The van der Waals surface area contributed by atoms with Gasteiger partial charge in [-0.25, -0.2) is 4.79 Å². The van der Waals surface area contributed by atoms with Gasteiger partial charge in [0.2, 0.25) is 0 Å². The Morgan fingerprint density at radius 3 is 2.22 bits per heavy atom. The molecule has 2 aromatic carbocycles. The smallest absolute Gasteiger partial charge is 0.315 e. The highest BCUT2D eigenvalue weighted by molar-refractivity contribution is 5.74. The highest BCUT2D eigenvalue weighted by Gasteiger charge is 2.22. The van der Waals surface area contributed by atoms with Gasteiger partial charge < -0.3 is 15.4 Å². The summed E-state index contributed by atoms with van der Waals surface area (Å²) in [4.78, 5) is 12.2. The van der Waals surface area contributed by atoms with E-state index < -0.39 is 0 Å². The number of nitrogens with one attached hydrogen (secondary N) is 2. The second-order valence-corrected chi connectivity index (χ2v) is 7.58. The number of carbonyl (C=O) groups excluding carboxylic acids is 1. The van der Waals surface area contributed by atoms with E-state index in [2.05, 4.69) is 41.8 Å². The van der Waals surface area contributed by atoms with Crippen LogP contribution in [0.5, 0.6) is 5.75 Å². The lowest BCUT2D eigenvalue weighted by atomic mass is 9.82. The molecule has 0 saturated heterocycles. The molecule has 1 saturated carbocycles. The molecule has 2 amide bonds. The van der Waals surface area contributed by atoms with Crippen molar-refractivity contribution in [2.75, 3.05) is 7.11 Å². The predicted octanol–water partition coefficient (Wildman–Crippen LogP) is 4.60. The minimum atomic E-state index is -0.0761. The molecule has 1 fully saturated rings. The van der Waals surface area contributed by atoms with E-state index in [4.69, 9.17) is 4.74 Å². The number of aryl methyl sites for hydroxylation is 1. The molecule has 0 radical (unpaired) electrons. The molecule has 0 unspecified atom stereocenters. The highest BCUT2D eigenvalue weighted by Crippen LogP contribution is 2.27. The molecule has 2 N–H and O–H groups in total. The van der Waals surface area contributed by atoms with E-state index in [0.29, 0.717) is 6.54 Å². The Morgan fingerprint density at radius 1 is 0.963 bits per heavy atom. The topological polar surface area (TPSA) is 50.4 Å². The molecule has 2 aromatic rings. The van der Waals surface area contributed by atoms with E-state index in [0.717, 1.165) is 36.5 Å². The van der Waals surface area contributed by atoms with Crippen LogP contribution in [0.1, 0.15) is 42.4 Å². The fraction of sp³-hybridized carbons (Fsp3) is 0.435. The Kier molecular flexibility index (Phi) is 6.74. The Morgan fingerprint density at radius 2 is 1.59 bits per heavy atom. The predicted molar refractivity (Wildman–Crippen MR) is 109 cm³/mol. The third-order valence-electron chi connectivity index (χ3n) is 5.44. The maximum atomic E-state index is 12.2. The normalized spacial score (nSPS) is 19.3. The molecular weight excluding hydrogens is 336 g/mol. The zero-order valence-electron chi connectivity index (χ0n) is 16.3. The minimum absolute atomic E-state index is 0.0761. The van der Waals surface area contributed by atoms with Gasteiger partial charge in [-0.3, -0.25) is 0 Å². The van der Waals surface area contributed by atoms with Crippen LogP contribution in [0.15, 0.2) is 48.5 Å². The van der Waals surface area contributed by atoms with E-state index in [1.165, 1.54) is 24.0 Å². The number of amides is 2.